The zero-order valence-electron chi connectivity index (χ0n) is 15.3. The standard InChI is InChI=1S/C19H21ClN2O5S/c1-12(2)18(22-28(26,27)16-9-5-14(20)6-10-16)19(25)21-15-7-3-13(4-8-15)11-17(23)24/h3-10,12,18,22H,11H2,1-2H3,(H,21,25)(H,23,24). The minimum absolute atomic E-state index is 0.00775. The van der Waals surface area contributed by atoms with Crippen molar-refractivity contribution in [1.82, 2.24) is 4.72 Å². The monoisotopic (exact) mass is 424 g/mol. The van der Waals surface area contributed by atoms with Crippen LogP contribution in [0.25, 0.3) is 0 Å². The molecule has 1 amide bonds. The van der Waals surface area contributed by atoms with Gasteiger partial charge in [0.05, 0.1) is 11.3 Å². The summed E-state index contributed by atoms with van der Waals surface area (Å²) in [4.78, 5) is 23.4. The summed E-state index contributed by atoms with van der Waals surface area (Å²) >= 11 is 5.79. The number of benzene rings is 2. The highest BCUT2D eigenvalue weighted by Gasteiger charge is 2.28. The van der Waals surface area contributed by atoms with Crippen LogP contribution in [0.15, 0.2) is 53.4 Å². The fourth-order valence-electron chi connectivity index (χ4n) is 2.44. The van der Waals surface area contributed by atoms with Crippen molar-refractivity contribution in [2.24, 2.45) is 5.92 Å². The predicted octanol–water partition coefficient (Wildman–Crippen LogP) is 2.91. The molecule has 0 aliphatic heterocycles. The van der Waals surface area contributed by atoms with Gasteiger partial charge in [0.15, 0.2) is 0 Å². The zero-order valence-corrected chi connectivity index (χ0v) is 16.9. The average Bonchev–Trinajstić information content (AvgIpc) is 2.61. The van der Waals surface area contributed by atoms with Crippen LogP contribution in [-0.4, -0.2) is 31.4 Å². The molecule has 0 fully saturated rings. The van der Waals surface area contributed by atoms with E-state index in [0.29, 0.717) is 16.3 Å². The van der Waals surface area contributed by atoms with E-state index >= 15 is 0 Å². The molecule has 2 rings (SSSR count). The number of anilines is 1. The molecule has 0 radical (unpaired) electrons. The van der Waals surface area contributed by atoms with Crippen LogP contribution >= 0.6 is 11.6 Å². The molecule has 0 spiro atoms. The lowest BCUT2D eigenvalue weighted by molar-refractivity contribution is -0.136. The summed E-state index contributed by atoms with van der Waals surface area (Å²) < 4.78 is 27.6. The van der Waals surface area contributed by atoms with Crippen LogP contribution in [0, 0.1) is 5.92 Å². The zero-order chi connectivity index (χ0) is 20.9. The van der Waals surface area contributed by atoms with Gasteiger partial charge >= 0.3 is 5.97 Å². The topological polar surface area (TPSA) is 113 Å². The Bertz CT molecular complexity index is 941. The van der Waals surface area contributed by atoms with Crippen LogP contribution in [0.4, 0.5) is 5.69 Å². The summed E-state index contributed by atoms with van der Waals surface area (Å²) in [6, 6.07) is 11.0. The van der Waals surface area contributed by atoms with Crippen LogP contribution in [0.5, 0.6) is 0 Å². The van der Waals surface area contributed by atoms with Crippen LogP contribution < -0.4 is 10.0 Å². The van der Waals surface area contributed by atoms with Gasteiger partial charge in [0, 0.05) is 10.7 Å². The van der Waals surface area contributed by atoms with Gasteiger partial charge in [-0.05, 0) is 47.9 Å². The van der Waals surface area contributed by atoms with Gasteiger partial charge in [-0.25, -0.2) is 8.42 Å². The van der Waals surface area contributed by atoms with Crippen LogP contribution in [0.1, 0.15) is 19.4 Å². The number of hydrogen-bond acceptors (Lipinski definition) is 4. The summed E-state index contributed by atoms with van der Waals surface area (Å²) in [7, 11) is -3.91. The lowest BCUT2D eigenvalue weighted by Gasteiger charge is -2.21. The van der Waals surface area contributed by atoms with Gasteiger partial charge in [-0.15, -0.1) is 0 Å². The fourth-order valence-corrected chi connectivity index (χ4v) is 3.91. The number of nitrogens with one attached hydrogen (secondary N) is 2. The van der Waals surface area contributed by atoms with Crippen molar-refractivity contribution < 1.29 is 23.1 Å². The summed E-state index contributed by atoms with van der Waals surface area (Å²) in [5, 5.41) is 11.8. The Balaban J connectivity index is 2.13. The first kappa shape index (κ1) is 21.9. The first-order valence-electron chi connectivity index (χ1n) is 8.48. The van der Waals surface area contributed by atoms with E-state index in [1.54, 1.807) is 38.1 Å². The molecule has 150 valence electrons. The summed E-state index contributed by atoms with van der Waals surface area (Å²) in [6.07, 6.45) is -0.121. The third-order valence-corrected chi connectivity index (χ3v) is 5.64. The van der Waals surface area contributed by atoms with E-state index in [1.165, 1.54) is 24.3 Å². The Hall–Kier alpha value is -2.42. The van der Waals surface area contributed by atoms with Gasteiger partial charge in [-0.2, -0.15) is 4.72 Å². The molecule has 0 heterocycles. The van der Waals surface area contributed by atoms with Crippen molar-refractivity contribution in [2.75, 3.05) is 5.32 Å². The lowest BCUT2D eigenvalue weighted by atomic mass is 10.0. The molecule has 3 N–H and O–H groups in total. The number of rotatable bonds is 8. The van der Waals surface area contributed by atoms with E-state index in [1.807, 2.05) is 0 Å². The van der Waals surface area contributed by atoms with Gasteiger partial charge < -0.3 is 10.4 Å². The second-order valence-corrected chi connectivity index (χ2v) is 8.70. The largest absolute Gasteiger partial charge is 0.481 e. The van der Waals surface area contributed by atoms with Crippen LogP contribution in [0.3, 0.4) is 0 Å². The fraction of sp³-hybridized carbons (Fsp3) is 0.263. The Kier molecular flexibility index (Phi) is 7.17. The van der Waals surface area contributed by atoms with Crippen LogP contribution in [-0.2, 0) is 26.0 Å². The van der Waals surface area contributed by atoms with Crippen LogP contribution in [0.2, 0.25) is 5.02 Å². The summed E-state index contributed by atoms with van der Waals surface area (Å²) in [6.45, 7) is 3.45. The number of sulfonamides is 1. The van der Waals surface area contributed by atoms with E-state index in [4.69, 9.17) is 16.7 Å². The first-order valence-corrected chi connectivity index (χ1v) is 10.3. The van der Waals surface area contributed by atoms with E-state index in [-0.39, 0.29) is 17.2 Å². The van der Waals surface area contributed by atoms with Crippen molar-refractivity contribution in [3.8, 4) is 0 Å². The molecule has 2 aromatic rings. The summed E-state index contributed by atoms with van der Waals surface area (Å²) in [5.41, 5.74) is 1.03. The maximum atomic E-state index is 12.6. The second kappa shape index (κ2) is 9.18. The van der Waals surface area contributed by atoms with E-state index in [2.05, 4.69) is 10.0 Å². The van der Waals surface area contributed by atoms with E-state index in [9.17, 15) is 18.0 Å². The van der Waals surface area contributed by atoms with Gasteiger partial charge in [0.25, 0.3) is 0 Å². The molecule has 0 saturated carbocycles. The first-order chi connectivity index (χ1) is 13.1. The van der Waals surface area contributed by atoms with Gasteiger partial charge in [-0.1, -0.05) is 37.6 Å². The number of amides is 1. The smallest absolute Gasteiger partial charge is 0.307 e. The number of carboxylic acids is 1. The van der Waals surface area contributed by atoms with Crippen molar-refractivity contribution in [2.45, 2.75) is 31.2 Å². The molecule has 1 unspecified atom stereocenters. The number of carboxylic acid groups (broad SMARTS) is 1. The molecule has 28 heavy (non-hydrogen) atoms. The number of aliphatic carboxylic acids is 1. The highest BCUT2D eigenvalue weighted by molar-refractivity contribution is 7.89. The van der Waals surface area contributed by atoms with Crippen molar-refractivity contribution in [3.05, 3.63) is 59.1 Å². The molecule has 0 aromatic heterocycles. The number of carbonyl (C=O) groups is 2. The number of carbonyl (C=O) groups excluding carboxylic acids is 1. The Morgan fingerprint density at radius 3 is 2.11 bits per heavy atom. The van der Waals surface area contributed by atoms with Crippen molar-refractivity contribution in [1.29, 1.82) is 0 Å². The molecule has 2 aromatic carbocycles. The van der Waals surface area contributed by atoms with Crippen molar-refractivity contribution in [3.63, 3.8) is 0 Å². The van der Waals surface area contributed by atoms with Gasteiger partial charge in [-0.3, -0.25) is 9.59 Å². The quantitative estimate of drug-likeness (QED) is 0.603. The Morgan fingerprint density at radius 2 is 1.61 bits per heavy atom. The third-order valence-electron chi connectivity index (χ3n) is 3.93. The molecule has 0 saturated heterocycles. The highest BCUT2D eigenvalue weighted by atomic mass is 35.5. The second-order valence-electron chi connectivity index (χ2n) is 6.55. The highest BCUT2D eigenvalue weighted by Crippen LogP contribution is 2.17. The van der Waals surface area contributed by atoms with E-state index in [0.717, 1.165) is 0 Å². The molecule has 0 aliphatic carbocycles. The predicted molar refractivity (Wildman–Crippen MR) is 107 cm³/mol. The van der Waals surface area contributed by atoms with Gasteiger partial charge in [0.2, 0.25) is 15.9 Å². The molecule has 1 atom stereocenters. The summed E-state index contributed by atoms with van der Waals surface area (Å²) in [5.74, 6) is -1.78. The minimum Gasteiger partial charge on any atom is -0.481 e. The third kappa shape index (κ3) is 6.05. The molecule has 7 nitrogen and oxygen atoms in total. The molecule has 9 heteroatoms. The average molecular weight is 425 g/mol. The van der Waals surface area contributed by atoms with E-state index < -0.39 is 27.9 Å². The lowest BCUT2D eigenvalue weighted by Crippen LogP contribution is -2.47. The number of hydrogen-bond donors (Lipinski definition) is 3. The van der Waals surface area contributed by atoms with Crippen molar-refractivity contribution >= 4 is 39.2 Å². The maximum absolute atomic E-state index is 12.6. The minimum atomic E-state index is -3.91. The molecule has 0 bridgehead atoms. The Morgan fingerprint density at radius 1 is 1.04 bits per heavy atom. The normalized spacial score (nSPS) is 12.6. The SMILES string of the molecule is CC(C)C(NS(=O)(=O)c1ccc(Cl)cc1)C(=O)Nc1ccc(CC(=O)O)cc1. The molecular weight excluding hydrogens is 404 g/mol. The van der Waals surface area contributed by atoms with Gasteiger partial charge in [0.1, 0.15) is 6.04 Å². The number of halogens is 1. The Labute approximate surface area is 168 Å². The molecular formula is C19H21ClN2O5S. The molecule has 0 aliphatic rings. The maximum Gasteiger partial charge on any atom is 0.307 e.